The maximum absolute atomic E-state index is 9.78. The van der Waals surface area contributed by atoms with E-state index in [2.05, 4.69) is 15.9 Å². The Hall–Kier alpha value is -0.610. The average molecular weight is 280 g/mol. The monoisotopic (exact) mass is 278 g/mol. The van der Waals surface area contributed by atoms with E-state index in [1.54, 1.807) is 0 Å². The Morgan fingerprint density at radius 2 is 2.07 bits per heavy atom. The van der Waals surface area contributed by atoms with E-state index in [9.17, 15) is 5.11 Å². The number of halogens is 2. The smallest absolute Gasteiger partial charge is 0.231 e. The highest BCUT2D eigenvalue weighted by Crippen LogP contribution is 2.51. The molecule has 0 fully saturated rings. The predicted molar refractivity (Wildman–Crippen MR) is 56.3 cm³/mol. The van der Waals surface area contributed by atoms with Crippen molar-refractivity contribution in [2.24, 2.45) is 0 Å². The summed E-state index contributed by atoms with van der Waals surface area (Å²) in [5, 5.41) is 10.1. The third-order valence-corrected chi connectivity index (χ3v) is 3.49. The summed E-state index contributed by atoms with van der Waals surface area (Å²) in [6.07, 6.45) is 0.660. The maximum Gasteiger partial charge on any atom is 0.231 e. The summed E-state index contributed by atoms with van der Waals surface area (Å²) >= 11 is 9.17. The van der Waals surface area contributed by atoms with Gasteiger partial charge in [0, 0.05) is 5.56 Å². The highest BCUT2D eigenvalue weighted by atomic mass is 79.9. The van der Waals surface area contributed by atoms with Crippen LogP contribution in [0.15, 0.2) is 4.47 Å². The normalized spacial score (nSPS) is 13.4. The molecule has 14 heavy (non-hydrogen) atoms. The van der Waals surface area contributed by atoms with Gasteiger partial charge in [0.05, 0.1) is 4.47 Å². The predicted octanol–water partition coefficient (Wildman–Crippen LogP) is 3.10. The van der Waals surface area contributed by atoms with Crippen LogP contribution in [0.4, 0.5) is 0 Å². The Kier molecular flexibility index (Phi) is 2.49. The lowest BCUT2D eigenvalue weighted by Crippen LogP contribution is -1.94. The number of aromatic hydroxyl groups is 1. The Morgan fingerprint density at radius 1 is 1.43 bits per heavy atom. The maximum atomic E-state index is 9.78. The van der Waals surface area contributed by atoms with Gasteiger partial charge in [0.2, 0.25) is 6.79 Å². The summed E-state index contributed by atoms with van der Waals surface area (Å²) in [4.78, 5) is 0. The molecule has 0 radical (unpaired) electrons. The van der Waals surface area contributed by atoms with Gasteiger partial charge in [-0.05, 0) is 22.4 Å². The van der Waals surface area contributed by atoms with Crippen LogP contribution >= 0.6 is 27.5 Å². The molecule has 2 rings (SSSR count). The van der Waals surface area contributed by atoms with Crippen molar-refractivity contribution < 1.29 is 14.6 Å². The van der Waals surface area contributed by atoms with Gasteiger partial charge in [-0.3, -0.25) is 0 Å². The molecule has 0 aromatic heterocycles. The van der Waals surface area contributed by atoms with Crippen molar-refractivity contribution in [3.05, 3.63) is 15.1 Å². The molecule has 0 bridgehead atoms. The van der Waals surface area contributed by atoms with E-state index in [0.717, 1.165) is 0 Å². The van der Waals surface area contributed by atoms with Gasteiger partial charge in [-0.2, -0.15) is 0 Å². The standard InChI is InChI=1S/C9H8BrClO3/c1-2-4-7(12)5(10)6(11)9-8(4)13-3-14-9/h12H,2-3H2,1H3. The second-order valence-corrected chi connectivity index (χ2v) is 4.04. The summed E-state index contributed by atoms with van der Waals surface area (Å²) < 4.78 is 10.9. The Bertz CT molecular complexity index is 392. The van der Waals surface area contributed by atoms with Crippen LogP contribution in [0.2, 0.25) is 5.02 Å². The lowest BCUT2D eigenvalue weighted by molar-refractivity contribution is 0.173. The van der Waals surface area contributed by atoms with E-state index >= 15 is 0 Å². The van der Waals surface area contributed by atoms with Gasteiger partial charge < -0.3 is 14.6 Å². The van der Waals surface area contributed by atoms with Crippen LogP contribution in [0, 0.1) is 0 Å². The second kappa shape index (κ2) is 3.51. The minimum absolute atomic E-state index is 0.127. The topological polar surface area (TPSA) is 38.7 Å². The first-order chi connectivity index (χ1) is 6.66. The molecule has 0 spiro atoms. The van der Waals surface area contributed by atoms with Gasteiger partial charge in [-0.1, -0.05) is 18.5 Å². The molecule has 1 N–H and O–H groups in total. The van der Waals surface area contributed by atoms with Crippen LogP contribution in [-0.2, 0) is 6.42 Å². The van der Waals surface area contributed by atoms with E-state index in [-0.39, 0.29) is 12.5 Å². The van der Waals surface area contributed by atoms with E-state index in [1.165, 1.54) is 0 Å². The zero-order chi connectivity index (χ0) is 10.3. The van der Waals surface area contributed by atoms with Crippen molar-refractivity contribution in [2.45, 2.75) is 13.3 Å². The SMILES string of the molecule is CCc1c(O)c(Br)c(Cl)c2c1OCO2. The molecule has 76 valence electrons. The van der Waals surface area contributed by atoms with Crippen LogP contribution in [0.3, 0.4) is 0 Å². The molecule has 1 heterocycles. The molecular formula is C9H8BrClO3. The highest BCUT2D eigenvalue weighted by Gasteiger charge is 2.26. The minimum atomic E-state index is 0.127. The van der Waals surface area contributed by atoms with Crippen molar-refractivity contribution in [1.29, 1.82) is 0 Å². The third-order valence-electron chi connectivity index (χ3n) is 2.13. The molecule has 1 aliphatic rings. The van der Waals surface area contributed by atoms with Gasteiger partial charge in [0.25, 0.3) is 0 Å². The molecule has 0 atom stereocenters. The number of fused-ring (bicyclic) bond motifs is 1. The van der Waals surface area contributed by atoms with Crippen LogP contribution in [-0.4, -0.2) is 11.9 Å². The molecule has 0 aliphatic carbocycles. The van der Waals surface area contributed by atoms with Crippen molar-refractivity contribution in [3.63, 3.8) is 0 Å². The number of hydrogen-bond donors (Lipinski definition) is 1. The molecule has 0 unspecified atom stereocenters. The number of ether oxygens (including phenoxy) is 2. The second-order valence-electron chi connectivity index (χ2n) is 2.87. The summed E-state index contributed by atoms with van der Waals surface area (Å²) in [5.41, 5.74) is 0.716. The number of rotatable bonds is 1. The summed E-state index contributed by atoms with van der Waals surface area (Å²) in [5.74, 6) is 1.19. The molecule has 5 heteroatoms. The Morgan fingerprint density at radius 3 is 2.71 bits per heavy atom. The fourth-order valence-electron chi connectivity index (χ4n) is 1.44. The first-order valence-corrected chi connectivity index (χ1v) is 5.32. The Labute approximate surface area is 94.7 Å². The zero-order valence-electron chi connectivity index (χ0n) is 7.43. The first-order valence-electron chi connectivity index (χ1n) is 4.15. The molecule has 1 aliphatic heterocycles. The summed E-state index contributed by atoms with van der Waals surface area (Å²) in [6.45, 7) is 2.08. The number of phenolic OH excluding ortho intramolecular Hbond substituents is 1. The quantitative estimate of drug-likeness (QED) is 0.858. The fourth-order valence-corrected chi connectivity index (χ4v) is 2.09. The van der Waals surface area contributed by atoms with E-state index in [4.69, 9.17) is 21.1 Å². The molecule has 3 nitrogen and oxygen atoms in total. The first kappa shape index (κ1) is 9.93. The van der Waals surface area contributed by atoms with Gasteiger partial charge in [0.1, 0.15) is 10.8 Å². The van der Waals surface area contributed by atoms with Crippen molar-refractivity contribution >= 4 is 27.5 Å². The molecule has 0 saturated heterocycles. The van der Waals surface area contributed by atoms with E-state index in [1.807, 2.05) is 6.92 Å². The third kappa shape index (κ3) is 1.25. The van der Waals surface area contributed by atoms with Gasteiger partial charge in [0.15, 0.2) is 11.5 Å². The number of benzene rings is 1. The highest BCUT2D eigenvalue weighted by molar-refractivity contribution is 9.10. The molecule has 0 saturated carbocycles. The van der Waals surface area contributed by atoms with Crippen molar-refractivity contribution in [2.75, 3.05) is 6.79 Å². The largest absolute Gasteiger partial charge is 0.506 e. The minimum Gasteiger partial charge on any atom is -0.506 e. The van der Waals surface area contributed by atoms with Crippen LogP contribution in [0.25, 0.3) is 0 Å². The molecule has 1 aromatic carbocycles. The average Bonchev–Trinajstić information content (AvgIpc) is 2.64. The van der Waals surface area contributed by atoms with Gasteiger partial charge >= 0.3 is 0 Å². The lowest BCUT2D eigenvalue weighted by Gasteiger charge is -2.09. The summed E-state index contributed by atoms with van der Waals surface area (Å²) in [6, 6.07) is 0. The van der Waals surface area contributed by atoms with E-state index < -0.39 is 0 Å². The molecule has 1 aromatic rings. The van der Waals surface area contributed by atoms with E-state index in [0.29, 0.717) is 33.0 Å². The number of hydrogen-bond acceptors (Lipinski definition) is 3. The van der Waals surface area contributed by atoms with Crippen molar-refractivity contribution in [3.8, 4) is 17.2 Å². The van der Waals surface area contributed by atoms with Gasteiger partial charge in [-0.25, -0.2) is 0 Å². The fraction of sp³-hybridized carbons (Fsp3) is 0.333. The zero-order valence-corrected chi connectivity index (χ0v) is 9.78. The van der Waals surface area contributed by atoms with Crippen molar-refractivity contribution in [1.82, 2.24) is 0 Å². The Balaban J connectivity index is 2.74. The van der Waals surface area contributed by atoms with Crippen LogP contribution in [0.5, 0.6) is 17.2 Å². The molecule has 0 amide bonds. The molecular weight excluding hydrogens is 271 g/mol. The number of phenols is 1. The van der Waals surface area contributed by atoms with Gasteiger partial charge in [-0.15, -0.1) is 0 Å². The van der Waals surface area contributed by atoms with Crippen LogP contribution in [0.1, 0.15) is 12.5 Å². The lowest BCUT2D eigenvalue weighted by atomic mass is 10.1. The summed E-state index contributed by atoms with van der Waals surface area (Å²) in [7, 11) is 0. The van der Waals surface area contributed by atoms with Crippen LogP contribution < -0.4 is 9.47 Å².